The van der Waals surface area contributed by atoms with Crippen LogP contribution in [0.15, 0.2) is 24.3 Å². The molecule has 1 fully saturated rings. The summed E-state index contributed by atoms with van der Waals surface area (Å²) in [5.41, 5.74) is 7.55. The topological polar surface area (TPSA) is 58.4 Å². The number of unbranched alkanes of at least 4 members (excludes halogenated alkanes) is 2. The molecule has 0 aromatic heterocycles. The molecule has 0 unspecified atom stereocenters. The van der Waals surface area contributed by atoms with E-state index in [4.69, 9.17) is 5.73 Å². The second-order valence-corrected chi connectivity index (χ2v) is 5.36. The third kappa shape index (κ3) is 4.23. The van der Waals surface area contributed by atoms with Gasteiger partial charge < -0.3 is 16.0 Å². The number of anilines is 2. The number of nitrogens with one attached hydrogen (secondary N) is 1. The van der Waals surface area contributed by atoms with Crippen molar-refractivity contribution in [3.8, 4) is 0 Å². The molecular weight excluding hydrogens is 250 g/mol. The number of nitrogens with zero attached hydrogens (tertiary/aromatic N) is 1. The third-order valence-electron chi connectivity index (χ3n) is 3.73. The molecule has 110 valence electrons. The molecule has 1 aliphatic rings. The highest BCUT2D eigenvalue weighted by Crippen LogP contribution is 2.28. The van der Waals surface area contributed by atoms with Crippen LogP contribution in [0.3, 0.4) is 0 Å². The van der Waals surface area contributed by atoms with E-state index in [0.717, 1.165) is 43.7 Å². The third-order valence-corrected chi connectivity index (χ3v) is 3.73. The predicted molar refractivity (Wildman–Crippen MR) is 84.0 cm³/mol. The van der Waals surface area contributed by atoms with Crippen molar-refractivity contribution in [3.05, 3.63) is 24.3 Å². The lowest BCUT2D eigenvalue weighted by Crippen LogP contribution is -2.21. The summed E-state index contributed by atoms with van der Waals surface area (Å²) in [5, 5.41) is 3.05. The van der Waals surface area contributed by atoms with E-state index in [1.165, 1.54) is 12.8 Å². The zero-order chi connectivity index (χ0) is 14.2. The van der Waals surface area contributed by atoms with E-state index < -0.39 is 0 Å². The molecule has 1 aromatic carbocycles. The molecule has 0 radical (unpaired) electrons. The zero-order valence-electron chi connectivity index (χ0n) is 12.1. The van der Waals surface area contributed by atoms with Crippen molar-refractivity contribution in [2.24, 2.45) is 5.73 Å². The first-order valence-corrected chi connectivity index (χ1v) is 7.65. The summed E-state index contributed by atoms with van der Waals surface area (Å²) in [5.74, 6) is 0.105. The summed E-state index contributed by atoms with van der Waals surface area (Å²) in [4.78, 5) is 14.3. The first-order chi connectivity index (χ1) is 9.81. The number of rotatable bonds is 7. The average molecular weight is 275 g/mol. The SMILES string of the molecule is NCCCCCC(=O)Nc1ccccc1N1CCCC1. The van der Waals surface area contributed by atoms with E-state index in [1.54, 1.807) is 0 Å². The van der Waals surface area contributed by atoms with Gasteiger partial charge in [0.25, 0.3) is 0 Å². The van der Waals surface area contributed by atoms with Crippen LogP contribution in [0.5, 0.6) is 0 Å². The normalized spacial score (nSPS) is 14.6. The quantitative estimate of drug-likeness (QED) is 0.752. The zero-order valence-corrected chi connectivity index (χ0v) is 12.1. The van der Waals surface area contributed by atoms with Crippen LogP contribution in [-0.2, 0) is 4.79 Å². The van der Waals surface area contributed by atoms with Crippen LogP contribution < -0.4 is 16.0 Å². The van der Waals surface area contributed by atoms with Gasteiger partial charge in [0, 0.05) is 19.5 Å². The Labute approximate surface area is 121 Å². The van der Waals surface area contributed by atoms with Crippen LogP contribution in [0.4, 0.5) is 11.4 Å². The van der Waals surface area contributed by atoms with Gasteiger partial charge in [-0.05, 0) is 44.4 Å². The standard InChI is InChI=1S/C16H25N3O/c17-11-5-1-2-10-16(20)18-14-8-3-4-9-15(14)19-12-6-7-13-19/h3-4,8-9H,1-2,5-7,10-13,17H2,(H,18,20). The van der Waals surface area contributed by atoms with Crippen LogP contribution in [0.2, 0.25) is 0 Å². The van der Waals surface area contributed by atoms with Crippen LogP contribution in [0.1, 0.15) is 38.5 Å². The molecule has 0 saturated carbocycles. The highest BCUT2D eigenvalue weighted by molar-refractivity contribution is 5.94. The Morgan fingerprint density at radius 1 is 1.15 bits per heavy atom. The minimum absolute atomic E-state index is 0.105. The molecule has 3 N–H and O–H groups in total. The number of hydrogen-bond acceptors (Lipinski definition) is 3. The van der Waals surface area contributed by atoms with Gasteiger partial charge in [-0.2, -0.15) is 0 Å². The molecule has 2 rings (SSSR count). The summed E-state index contributed by atoms with van der Waals surface area (Å²) < 4.78 is 0. The number of para-hydroxylation sites is 2. The van der Waals surface area contributed by atoms with E-state index in [-0.39, 0.29) is 5.91 Å². The van der Waals surface area contributed by atoms with Gasteiger partial charge in [0.1, 0.15) is 0 Å². The van der Waals surface area contributed by atoms with Gasteiger partial charge in [-0.25, -0.2) is 0 Å². The van der Waals surface area contributed by atoms with Crippen molar-refractivity contribution in [1.29, 1.82) is 0 Å². The molecule has 20 heavy (non-hydrogen) atoms. The predicted octanol–water partition coefficient (Wildman–Crippen LogP) is 2.74. The molecule has 4 heteroatoms. The number of hydrogen-bond donors (Lipinski definition) is 2. The summed E-state index contributed by atoms with van der Waals surface area (Å²) >= 11 is 0. The lowest BCUT2D eigenvalue weighted by molar-refractivity contribution is -0.116. The van der Waals surface area contributed by atoms with E-state index in [1.807, 2.05) is 18.2 Å². The van der Waals surface area contributed by atoms with Gasteiger partial charge in [-0.1, -0.05) is 18.6 Å². The van der Waals surface area contributed by atoms with Gasteiger partial charge in [0.05, 0.1) is 11.4 Å². The first kappa shape index (κ1) is 14.9. The van der Waals surface area contributed by atoms with Gasteiger partial charge >= 0.3 is 0 Å². The van der Waals surface area contributed by atoms with E-state index in [9.17, 15) is 4.79 Å². The van der Waals surface area contributed by atoms with E-state index >= 15 is 0 Å². The maximum atomic E-state index is 12.0. The van der Waals surface area contributed by atoms with Crippen molar-refractivity contribution in [3.63, 3.8) is 0 Å². The molecule has 0 atom stereocenters. The fraction of sp³-hybridized carbons (Fsp3) is 0.562. The molecule has 0 spiro atoms. The van der Waals surface area contributed by atoms with Crippen molar-refractivity contribution >= 4 is 17.3 Å². The Balaban J connectivity index is 1.89. The van der Waals surface area contributed by atoms with Gasteiger partial charge in [-0.3, -0.25) is 4.79 Å². The van der Waals surface area contributed by atoms with Crippen molar-refractivity contribution < 1.29 is 4.79 Å². The van der Waals surface area contributed by atoms with Gasteiger partial charge in [0.15, 0.2) is 0 Å². The van der Waals surface area contributed by atoms with E-state index in [2.05, 4.69) is 16.3 Å². The van der Waals surface area contributed by atoms with Gasteiger partial charge in [-0.15, -0.1) is 0 Å². The Morgan fingerprint density at radius 2 is 1.90 bits per heavy atom. The molecule has 1 heterocycles. The Hall–Kier alpha value is -1.55. The largest absolute Gasteiger partial charge is 0.370 e. The van der Waals surface area contributed by atoms with Gasteiger partial charge in [0.2, 0.25) is 5.91 Å². The second kappa shape index (κ2) is 7.90. The number of nitrogens with two attached hydrogens (primary N) is 1. The number of carbonyl (C=O) groups excluding carboxylic acids is 1. The van der Waals surface area contributed by atoms with Crippen LogP contribution in [-0.4, -0.2) is 25.5 Å². The average Bonchev–Trinajstić information content (AvgIpc) is 2.98. The van der Waals surface area contributed by atoms with Crippen molar-refractivity contribution in [2.75, 3.05) is 29.9 Å². The molecule has 1 amide bonds. The monoisotopic (exact) mass is 275 g/mol. The minimum atomic E-state index is 0.105. The first-order valence-electron chi connectivity index (χ1n) is 7.65. The van der Waals surface area contributed by atoms with Crippen LogP contribution in [0.25, 0.3) is 0 Å². The van der Waals surface area contributed by atoms with Crippen LogP contribution >= 0.6 is 0 Å². The van der Waals surface area contributed by atoms with Crippen LogP contribution in [0, 0.1) is 0 Å². The smallest absolute Gasteiger partial charge is 0.224 e. The molecule has 1 saturated heterocycles. The molecule has 1 aromatic rings. The summed E-state index contributed by atoms with van der Waals surface area (Å²) in [7, 11) is 0. The summed E-state index contributed by atoms with van der Waals surface area (Å²) in [6.07, 6.45) is 5.99. The molecule has 1 aliphatic heterocycles. The maximum Gasteiger partial charge on any atom is 0.224 e. The summed E-state index contributed by atoms with van der Waals surface area (Å²) in [6, 6.07) is 8.09. The fourth-order valence-corrected chi connectivity index (χ4v) is 2.63. The fourth-order valence-electron chi connectivity index (χ4n) is 2.63. The Bertz CT molecular complexity index is 427. The molecule has 4 nitrogen and oxygen atoms in total. The number of amides is 1. The van der Waals surface area contributed by atoms with Crippen molar-refractivity contribution in [2.45, 2.75) is 38.5 Å². The second-order valence-electron chi connectivity index (χ2n) is 5.36. The number of benzene rings is 1. The molecule has 0 bridgehead atoms. The molecule has 0 aliphatic carbocycles. The molecular formula is C16H25N3O. The Kier molecular flexibility index (Phi) is 5.87. The summed E-state index contributed by atoms with van der Waals surface area (Å²) in [6.45, 7) is 2.88. The lowest BCUT2D eigenvalue weighted by atomic mass is 10.2. The van der Waals surface area contributed by atoms with Crippen molar-refractivity contribution in [1.82, 2.24) is 0 Å². The van der Waals surface area contributed by atoms with E-state index in [0.29, 0.717) is 13.0 Å². The lowest BCUT2D eigenvalue weighted by Gasteiger charge is -2.21. The Morgan fingerprint density at radius 3 is 2.65 bits per heavy atom. The minimum Gasteiger partial charge on any atom is -0.370 e. The highest BCUT2D eigenvalue weighted by Gasteiger charge is 2.16. The maximum absolute atomic E-state index is 12.0. The number of carbonyl (C=O) groups is 1. The highest BCUT2D eigenvalue weighted by atomic mass is 16.1.